The molecule has 7 nitrogen and oxygen atoms in total. The molecule has 0 amide bonds. The molecule has 1 aromatic carbocycles. The minimum atomic E-state index is -4.08. The highest BCUT2D eigenvalue weighted by Crippen LogP contribution is 2.23. The second-order valence-electron chi connectivity index (χ2n) is 4.10. The first-order valence-corrected chi connectivity index (χ1v) is 7.72. The van der Waals surface area contributed by atoms with Crippen LogP contribution in [0, 0.1) is 5.82 Å². The predicted molar refractivity (Wildman–Crippen MR) is 72.5 cm³/mol. The van der Waals surface area contributed by atoms with Crippen molar-refractivity contribution < 1.29 is 17.9 Å². The Morgan fingerprint density at radius 3 is 2.81 bits per heavy atom. The fourth-order valence-corrected chi connectivity index (χ4v) is 3.12. The van der Waals surface area contributed by atoms with E-state index in [-0.39, 0.29) is 23.7 Å². The largest absolute Gasteiger partial charge is 0.392 e. The van der Waals surface area contributed by atoms with Crippen LogP contribution in [0.25, 0.3) is 0 Å². The zero-order valence-electron chi connectivity index (χ0n) is 10.7. The Labute approximate surface area is 125 Å². The van der Waals surface area contributed by atoms with E-state index in [2.05, 4.69) is 15.0 Å². The van der Waals surface area contributed by atoms with E-state index in [4.69, 9.17) is 16.7 Å². The number of aromatic nitrogens is 3. The summed E-state index contributed by atoms with van der Waals surface area (Å²) in [6, 6.07) is 2.17. The van der Waals surface area contributed by atoms with Gasteiger partial charge in [0.15, 0.2) is 0 Å². The summed E-state index contributed by atoms with van der Waals surface area (Å²) in [4.78, 5) is -0.599. The number of hydrogen-bond donors (Lipinski definition) is 2. The molecule has 0 spiro atoms. The van der Waals surface area contributed by atoms with Crippen molar-refractivity contribution in [2.75, 3.05) is 6.54 Å². The van der Waals surface area contributed by atoms with E-state index in [9.17, 15) is 12.8 Å². The lowest BCUT2D eigenvalue weighted by Gasteiger charge is -2.10. The van der Waals surface area contributed by atoms with Crippen LogP contribution in [0.4, 0.5) is 4.39 Å². The quantitative estimate of drug-likeness (QED) is 0.803. The number of sulfonamides is 1. The molecule has 114 valence electrons. The van der Waals surface area contributed by atoms with Crippen molar-refractivity contribution in [3.63, 3.8) is 0 Å². The molecule has 0 radical (unpaired) electrons. The molecule has 0 fully saturated rings. The van der Waals surface area contributed by atoms with Gasteiger partial charge in [0.2, 0.25) is 10.0 Å². The van der Waals surface area contributed by atoms with Gasteiger partial charge < -0.3 is 5.11 Å². The molecule has 1 aromatic heterocycles. The van der Waals surface area contributed by atoms with E-state index in [1.165, 1.54) is 16.9 Å². The van der Waals surface area contributed by atoms with E-state index in [0.29, 0.717) is 0 Å². The van der Waals surface area contributed by atoms with Crippen LogP contribution in [0.5, 0.6) is 0 Å². The fourth-order valence-electron chi connectivity index (χ4n) is 1.65. The maximum atomic E-state index is 14.0. The summed E-state index contributed by atoms with van der Waals surface area (Å²) in [6.45, 7) is -0.395. The molecule has 0 saturated carbocycles. The van der Waals surface area contributed by atoms with E-state index in [0.717, 1.165) is 6.07 Å². The van der Waals surface area contributed by atoms with Gasteiger partial charge in [-0.1, -0.05) is 16.8 Å². The standard InChI is InChI=1S/C11H12ClFN4O3S/c12-9-5-8(7-18)11(13)10(6-9)21(19,20)15-2-4-17-3-1-14-16-17/h1,3,5-6,15,18H,2,4,7H2. The molecule has 2 N–H and O–H groups in total. The van der Waals surface area contributed by atoms with Gasteiger partial charge in [0, 0.05) is 23.3 Å². The van der Waals surface area contributed by atoms with Crippen molar-refractivity contribution in [2.45, 2.75) is 18.0 Å². The Hall–Kier alpha value is -1.55. The maximum Gasteiger partial charge on any atom is 0.243 e. The molecule has 0 aliphatic carbocycles. The minimum absolute atomic E-state index is 0.00606. The molecule has 0 saturated heterocycles. The van der Waals surface area contributed by atoms with Crippen LogP contribution in [-0.4, -0.2) is 35.1 Å². The van der Waals surface area contributed by atoms with E-state index >= 15 is 0 Å². The Kier molecular flexibility index (Phi) is 4.88. The monoisotopic (exact) mass is 334 g/mol. The van der Waals surface area contributed by atoms with Crippen molar-refractivity contribution in [3.05, 3.63) is 40.9 Å². The van der Waals surface area contributed by atoms with Gasteiger partial charge >= 0.3 is 0 Å². The number of aliphatic hydroxyl groups is 1. The fraction of sp³-hybridized carbons (Fsp3) is 0.273. The highest BCUT2D eigenvalue weighted by atomic mass is 35.5. The zero-order chi connectivity index (χ0) is 15.5. The highest BCUT2D eigenvalue weighted by Gasteiger charge is 2.22. The summed E-state index contributed by atoms with van der Waals surface area (Å²) < 4.78 is 41.8. The number of aliphatic hydroxyl groups excluding tert-OH is 1. The lowest BCUT2D eigenvalue weighted by molar-refractivity contribution is 0.274. The second-order valence-corrected chi connectivity index (χ2v) is 6.27. The number of halogens is 2. The number of hydrogen-bond acceptors (Lipinski definition) is 5. The van der Waals surface area contributed by atoms with Gasteiger partial charge in [-0.3, -0.25) is 4.68 Å². The van der Waals surface area contributed by atoms with E-state index < -0.39 is 27.3 Å². The van der Waals surface area contributed by atoms with Crippen LogP contribution in [0.2, 0.25) is 5.02 Å². The van der Waals surface area contributed by atoms with Gasteiger partial charge in [0.25, 0.3) is 0 Å². The summed E-state index contributed by atoms with van der Waals surface area (Å²) in [5.41, 5.74) is -0.181. The average Bonchev–Trinajstić information content (AvgIpc) is 2.93. The van der Waals surface area contributed by atoms with E-state index in [1.54, 1.807) is 6.20 Å². The third-order valence-electron chi connectivity index (χ3n) is 2.64. The molecule has 0 unspecified atom stereocenters. The highest BCUT2D eigenvalue weighted by molar-refractivity contribution is 7.89. The molecule has 21 heavy (non-hydrogen) atoms. The van der Waals surface area contributed by atoms with Crippen LogP contribution < -0.4 is 4.72 Å². The Bertz CT molecular complexity index is 721. The van der Waals surface area contributed by atoms with Crippen LogP contribution in [0.15, 0.2) is 29.4 Å². The maximum absolute atomic E-state index is 14.0. The summed E-state index contributed by atoms with van der Waals surface area (Å²) >= 11 is 5.73. The molecule has 0 aliphatic heterocycles. The smallest absolute Gasteiger partial charge is 0.243 e. The average molecular weight is 335 g/mol. The lowest BCUT2D eigenvalue weighted by atomic mass is 10.2. The van der Waals surface area contributed by atoms with Gasteiger partial charge in [-0.15, -0.1) is 5.10 Å². The first-order chi connectivity index (χ1) is 9.94. The van der Waals surface area contributed by atoms with Crippen molar-refractivity contribution in [1.82, 2.24) is 19.7 Å². The SMILES string of the molecule is O=S(=O)(NCCn1ccnn1)c1cc(Cl)cc(CO)c1F. The van der Waals surface area contributed by atoms with E-state index in [1.807, 2.05) is 0 Å². The minimum Gasteiger partial charge on any atom is -0.392 e. The normalized spacial score (nSPS) is 11.8. The van der Waals surface area contributed by atoms with Gasteiger partial charge in [0.1, 0.15) is 10.7 Å². The topological polar surface area (TPSA) is 97.1 Å². The molecule has 2 rings (SSSR count). The molecule has 0 bridgehead atoms. The molecule has 10 heteroatoms. The first kappa shape index (κ1) is 15.8. The molecule has 0 atom stereocenters. The second kappa shape index (κ2) is 6.48. The number of rotatable bonds is 6. The first-order valence-electron chi connectivity index (χ1n) is 5.86. The lowest BCUT2D eigenvalue weighted by Crippen LogP contribution is -2.28. The Morgan fingerprint density at radius 2 is 2.19 bits per heavy atom. The third-order valence-corrected chi connectivity index (χ3v) is 4.32. The van der Waals surface area contributed by atoms with Gasteiger partial charge in [-0.2, -0.15) is 0 Å². The third kappa shape index (κ3) is 3.76. The van der Waals surface area contributed by atoms with Gasteiger partial charge in [-0.25, -0.2) is 17.5 Å². The number of benzene rings is 1. The molecular weight excluding hydrogens is 323 g/mol. The van der Waals surface area contributed by atoms with Crippen LogP contribution in [0.3, 0.4) is 0 Å². The zero-order valence-corrected chi connectivity index (χ0v) is 12.3. The summed E-state index contributed by atoms with van der Waals surface area (Å²) in [5, 5.41) is 16.3. The summed E-state index contributed by atoms with van der Waals surface area (Å²) in [7, 11) is -4.08. The number of nitrogens with zero attached hydrogens (tertiary/aromatic N) is 3. The van der Waals surface area contributed by atoms with Gasteiger partial charge in [0.05, 0.1) is 19.3 Å². The Balaban J connectivity index is 2.17. The number of nitrogens with one attached hydrogen (secondary N) is 1. The van der Waals surface area contributed by atoms with Crippen LogP contribution in [0.1, 0.15) is 5.56 Å². The van der Waals surface area contributed by atoms with Crippen LogP contribution in [-0.2, 0) is 23.2 Å². The summed E-state index contributed by atoms with van der Waals surface area (Å²) in [6.07, 6.45) is 3.02. The van der Waals surface area contributed by atoms with Crippen molar-refractivity contribution in [1.29, 1.82) is 0 Å². The molecule has 2 aromatic rings. The molecule has 1 heterocycles. The van der Waals surface area contributed by atoms with Crippen LogP contribution >= 0.6 is 11.6 Å². The van der Waals surface area contributed by atoms with Crippen molar-refractivity contribution in [2.24, 2.45) is 0 Å². The molecular formula is C11H12ClFN4O3S. The molecule has 0 aliphatic rings. The predicted octanol–water partition coefficient (Wildman–Crippen LogP) is 0.541. The summed E-state index contributed by atoms with van der Waals surface area (Å²) in [5.74, 6) is -1.02. The van der Waals surface area contributed by atoms with Crippen molar-refractivity contribution >= 4 is 21.6 Å². The van der Waals surface area contributed by atoms with Gasteiger partial charge in [-0.05, 0) is 12.1 Å². The Morgan fingerprint density at radius 1 is 1.43 bits per heavy atom. The van der Waals surface area contributed by atoms with Crippen molar-refractivity contribution in [3.8, 4) is 0 Å².